The van der Waals surface area contributed by atoms with Crippen molar-refractivity contribution in [1.82, 2.24) is 9.97 Å². The molecule has 17 heavy (non-hydrogen) atoms. The molecule has 0 radical (unpaired) electrons. The summed E-state index contributed by atoms with van der Waals surface area (Å²) in [6.45, 7) is 0. The third kappa shape index (κ3) is 2.68. The van der Waals surface area contributed by atoms with Gasteiger partial charge in [-0.1, -0.05) is 29.6 Å². The standard InChI is InChI=1S/C10H12Cl2N4O/c11-7-8(12)14-4-15-9(7)16-10(17)5-2-1-3-6(5)13/h4-6H,1-3,13H2,(H,14,15,16,17). The van der Waals surface area contributed by atoms with Crippen LogP contribution in [0.2, 0.25) is 10.2 Å². The summed E-state index contributed by atoms with van der Waals surface area (Å²) in [5.41, 5.74) is 5.85. The molecule has 3 N–H and O–H groups in total. The average molecular weight is 275 g/mol. The van der Waals surface area contributed by atoms with Crippen LogP contribution in [-0.2, 0) is 4.79 Å². The first-order chi connectivity index (χ1) is 8.09. The zero-order chi connectivity index (χ0) is 12.4. The summed E-state index contributed by atoms with van der Waals surface area (Å²) in [7, 11) is 0. The first-order valence-corrected chi connectivity index (χ1v) is 6.07. The van der Waals surface area contributed by atoms with Crippen molar-refractivity contribution in [2.24, 2.45) is 11.7 Å². The molecule has 0 aliphatic heterocycles. The number of hydrogen-bond donors (Lipinski definition) is 2. The van der Waals surface area contributed by atoms with Gasteiger partial charge >= 0.3 is 0 Å². The highest BCUT2D eigenvalue weighted by atomic mass is 35.5. The molecule has 1 aromatic heterocycles. The number of amides is 1. The van der Waals surface area contributed by atoms with E-state index in [1.54, 1.807) is 0 Å². The van der Waals surface area contributed by atoms with Gasteiger partial charge in [-0.3, -0.25) is 4.79 Å². The van der Waals surface area contributed by atoms with Crippen LogP contribution in [0, 0.1) is 5.92 Å². The van der Waals surface area contributed by atoms with Gasteiger partial charge in [-0.25, -0.2) is 9.97 Å². The molecular formula is C10H12Cl2N4O. The Morgan fingerprint density at radius 2 is 2.18 bits per heavy atom. The molecule has 1 heterocycles. The van der Waals surface area contributed by atoms with Gasteiger partial charge in [0.2, 0.25) is 5.91 Å². The van der Waals surface area contributed by atoms with Crippen LogP contribution in [0.15, 0.2) is 6.33 Å². The van der Waals surface area contributed by atoms with Crippen molar-refractivity contribution in [1.29, 1.82) is 0 Å². The normalized spacial score (nSPS) is 23.7. The molecular weight excluding hydrogens is 263 g/mol. The second-order valence-electron chi connectivity index (χ2n) is 4.02. The lowest BCUT2D eigenvalue weighted by molar-refractivity contribution is -0.120. The third-order valence-electron chi connectivity index (χ3n) is 2.89. The Kier molecular flexibility index (Phi) is 3.81. The molecule has 1 fully saturated rings. The first kappa shape index (κ1) is 12.5. The molecule has 1 aliphatic rings. The summed E-state index contributed by atoms with van der Waals surface area (Å²) in [6.07, 6.45) is 3.88. The minimum Gasteiger partial charge on any atom is -0.327 e. The van der Waals surface area contributed by atoms with Gasteiger partial charge in [-0.2, -0.15) is 0 Å². The second-order valence-corrected chi connectivity index (χ2v) is 4.75. The number of nitrogens with two attached hydrogens (primary N) is 1. The number of halogens is 2. The van der Waals surface area contributed by atoms with Crippen molar-refractivity contribution in [3.05, 3.63) is 16.5 Å². The first-order valence-electron chi connectivity index (χ1n) is 5.32. The van der Waals surface area contributed by atoms with Gasteiger partial charge in [0.1, 0.15) is 11.3 Å². The zero-order valence-corrected chi connectivity index (χ0v) is 10.5. The van der Waals surface area contributed by atoms with E-state index in [1.807, 2.05) is 0 Å². The van der Waals surface area contributed by atoms with E-state index in [2.05, 4.69) is 15.3 Å². The number of nitrogens with zero attached hydrogens (tertiary/aromatic N) is 2. The van der Waals surface area contributed by atoms with E-state index in [4.69, 9.17) is 28.9 Å². The molecule has 1 saturated carbocycles. The van der Waals surface area contributed by atoms with E-state index in [-0.39, 0.29) is 33.9 Å². The number of carbonyl (C=O) groups is 1. The van der Waals surface area contributed by atoms with Gasteiger partial charge in [0.05, 0.1) is 5.92 Å². The minimum absolute atomic E-state index is 0.0916. The molecule has 0 aromatic carbocycles. The molecule has 2 unspecified atom stereocenters. The summed E-state index contributed by atoms with van der Waals surface area (Å²) in [4.78, 5) is 19.5. The smallest absolute Gasteiger partial charge is 0.230 e. The maximum absolute atomic E-state index is 11.9. The van der Waals surface area contributed by atoms with E-state index in [0.29, 0.717) is 0 Å². The zero-order valence-electron chi connectivity index (χ0n) is 8.99. The molecule has 2 rings (SSSR count). The Hall–Kier alpha value is -0.910. The van der Waals surface area contributed by atoms with Gasteiger partial charge < -0.3 is 11.1 Å². The number of aromatic nitrogens is 2. The lowest BCUT2D eigenvalue weighted by Crippen LogP contribution is -2.34. The van der Waals surface area contributed by atoms with Crippen LogP contribution >= 0.6 is 23.2 Å². The molecule has 1 amide bonds. The van der Waals surface area contributed by atoms with E-state index >= 15 is 0 Å². The van der Waals surface area contributed by atoms with E-state index < -0.39 is 0 Å². The fraction of sp³-hybridized carbons (Fsp3) is 0.500. The van der Waals surface area contributed by atoms with Crippen molar-refractivity contribution in [2.75, 3.05) is 5.32 Å². The number of carbonyl (C=O) groups excluding carboxylic acids is 1. The van der Waals surface area contributed by atoms with Crippen LogP contribution in [0.1, 0.15) is 19.3 Å². The summed E-state index contributed by atoms with van der Waals surface area (Å²) in [5, 5.41) is 2.90. The number of nitrogens with one attached hydrogen (secondary N) is 1. The van der Waals surface area contributed by atoms with E-state index in [0.717, 1.165) is 19.3 Å². The Labute approximate surface area is 109 Å². The lowest BCUT2D eigenvalue weighted by Gasteiger charge is -2.15. The molecule has 0 spiro atoms. The predicted molar refractivity (Wildman–Crippen MR) is 66.0 cm³/mol. The van der Waals surface area contributed by atoms with Gasteiger partial charge in [0.15, 0.2) is 11.0 Å². The van der Waals surface area contributed by atoms with E-state index in [9.17, 15) is 4.79 Å². The molecule has 5 nitrogen and oxygen atoms in total. The third-order valence-corrected chi connectivity index (χ3v) is 3.64. The second kappa shape index (κ2) is 5.16. The molecule has 7 heteroatoms. The quantitative estimate of drug-likeness (QED) is 0.807. The van der Waals surface area contributed by atoms with Crippen LogP contribution in [0.4, 0.5) is 5.82 Å². The van der Waals surface area contributed by atoms with Crippen LogP contribution in [0.5, 0.6) is 0 Å². The van der Waals surface area contributed by atoms with Crippen molar-refractivity contribution in [2.45, 2.75) is 25.3 Å². The highest BCUT2D eigenvalue weighted by Crippen LogP contribution is 2.28. The van der Waals surface area contributed by atoms with Crippen LogP contribution in [0.3, 0.4) is 0 Å². The molecule has 1 aliphatic carbocycles. The van der Waals surface area contributed by atoms with Gasteiger partial charge in [0.25, 0.3) is 0 Å². The lowest BCUT2D eigenvalue weighted by atomic mass is 10.0. The topological polar surface area (TPSA) is 80.9 Å². The number of anilines is 1. The van der Waals surface area contributed by atoms with Gasteiger partial charge in [-0.05, 0) is 12.8 Å². The maximum atomic E-state index is 11.9. The Morgan fingerprint density at radius 1 is 1.41 bits per heavy atom. The molecule has 1 aromatic rings. The van der Waals surface area contributed by atoms with Crippen molar-refractivity contribution in [3.8, 4) is 0 Å². The van der Waals surface area contributed by atoms with Crippen molar-refractivity contribution >= 4 is 34.9 Å². The van der Waals surface area contributed by atoms with Gasteiger partial charge in [-0.15, -0.1) is 0 Å². The Morgan fingerprint density at radius 3 is 2.82 bits per heavy atom. The number of hydrogen-bond acceptors (Lipinski definition) is 4. The fourth-order valence-electron chi connectivity index (χ4n) is 1.96. The average Bonchev–Trinajstić information content (AvgIpc) is 2.71. The Balaban J connectivity index is 2.10. The van der Waals surface area contributed by atoms with Crippen molar-refractivity contribution in [3.63, 3.8) is 0 Å². The predicted octanol–water partition coefficient (Wildman–Crippen LogP) is 1.85. The number of rotatable bonds is 2. The van der Waals surface area contributed by atoms with Crippen LogP contribution < -0.4 is 11.1 Å². The van der Waals surface area contributed by atoms with E-state index in [1.165, 1.54) is 6.33 Å². The summed E-state index contributed by atoms with van der Waals surface area (Å²) in [5.74, 6) is -0.109. The summed E-state index contributed by atoms with van der Waals surface area (Å²) >= 11 is 11.6. The SMILES string of the molecule is NC1CCCC1C(=O)Nc1ncnc(Cl)c1Cl. The maximum Gasteiger partial charge on any atom is 0.230 e. The van der Waals surface area contributed by atoms with Gasteiger partial charge in [0, 0.05) is 6.04 Å². The monoisotopic (exact) mass is 274 g/mol. The van der Waals surface area contributed by atoms with Crippen LogP contribution in [-0.4, -0.2) is 21.9 Å². The minimum atomic E-state index is -0.181. The summed E-state index contributed by atoms with van der Waals surface area (Å²) < 4.78 is 0. The van der Waals surface area contributed by atoms with Crippen molar-refractivity contribution < 1.29 is 4.79 Å². The molecule has 0 bridgehead atoms. The largest absolute Gasteiger partial charge is 0.327 e. The molecule has 92 valence electrons. The van der Waals surface area contributed by atoms with Crippen LogP contribution in [0.25, 0.3) is 0 Å². The molecule has 0 saturated heterocycles. The Bertz CT molecular complexity index is 440. The highest BCUT2D eigenvalue weighted by molar-refractivity contribution is 6.42. The highest BCUT2D eigenvalue weighted by Gasteiger charge is 2.30. The summed E-state index contributed by atoms with van der Waals surface area (Å²) in [6, 6.07) is -0.0916. The molecule has 2 atom stereocenters. The fourth-order valence-corrected chi connectivity index (χ4v) is 2.24.